The topological polar surface area (TPSA) is 91.2 Å². The predicted molar refractivity (Wildman–Crippen MR) is 119 cm³/mol. The van der Waals surface area contributed by atoms with Crippen molar-refractivity contribution < 1.29 is 14.3 Å². The Morgan fingerprint density at radius 1 is 0.967 bits per heavy atom. The third-order valence-corrected chi connectivity index (χ3v) is 6.10. The molecule has 152 valence electrons. The fourth-order valence-corrected chi connectivity index (χ4v) is 4.07. The summed E-state index contributed by atoms with van der Waals surface area (Å²) in [6.45, 7) is 5.61. The van der Waals surface area contributed by atoms with Crippen molar-refractivity contribution in [2.24, 2.45) is 0 Å². The molecule has 0 radical (unpaired) electrons. The third-order valence-electron chi connectivity index (χ3n) is 4.90. The molecule has 0 fully saturated rings. The van der Waals surface area contributed by atoms with Crippen LogP contribution in [0.5, 0.6) is 5.75 Å². The second-order valence-electron chi connectivity index (χ2n) is 6.73. The van der Waals surface area contributed by atoms with Crippen LogP contribution in [0.25, 0.3) is 0 Å². The standard InChI is InChI=1S/C23H21N3O3S/c1-13-8-7-10-18(14(13)2)25-22(28)20-15(3)17(12-24)23(30-20)26-21(27)16-9-5-6-11-19(16)29-4/h5-11H,1-4H3,(H,25,28)(H,26,27). The summed E-state index contributed by atoms with van der Waals surface area (Å²) in [6, 6.07) is 14.6. The molecule has 7 heteroatoms. The first-order chi connectivity index (χ1) is 14.4. The van der Waals surface area contributed by atoms with Crippen molar-refractivity contribution in [1.82, 2.24) is 0 Å². The Labute approximate surface area is 179 Å². The maximum Gasteiger partial charge on any atom is 0.266 e. The highest BCUT2D eigenvalue weighted by Gasteiger charge is 2.23. The summed E-state index contributed by atoms with van der Waals surface area (Å²) in [5, 5.41) is 15.6. The lowest BCUT2D eigenvalue weighted by atomic mass is 10.1. The number of hydrogen-bond acceptors (Lipinski definition) is 5. The second-order valence-corrected chi connectivity index (χ2v) is 7.75. The van der Waals surface area contributed by atoms with Crippen molar-refractivity contribution in [3.05, 3.63) is 75.2 Å². The van der Waals surface area contributed by atoms with Crippen LogP contribution in [0.4, 0.5) is 10.7 Å². The minimum absolute atomic E-state index is 0.273. The lowest BCUT2D eigenvalue weighted by Crippen LogP contribution is -2.13. The van der Waals surface area contributed by atoms with E-state index in [9.17, 15) is 14.9 Å². The molecule has 0 spiro atoms. The van der Waals surface area contributed by atoms with E-state index in [2.05, 4.69) is 16.7 Å². The predicted octanol–water partition coefficient (Wildman–Crippen LogP) is 5.06. The number of nitrogens with zero attached hydrogens (tertiary/aromatic N) is 1. The van der Waals surface area contributed by atoms with Crippen molar-refractivity contribution in [2.45, 2.75) is 20.8 Å². The highest BCUT2D eigenvalue weighted by molar-refractivity contribution is 7.18. The number of amides is 2. The van der Waals surface area contributed by atoms with E-state index in [0.29, 0.717) is 32.4 Å². The molecule has 0 aliphatic carbocycles. The number of anilines is 2. The van der Waals surface area contributed by atoms with E-state index < -0.39 is 5.91 Å². The van der Waals surface area contributed by atoms with Gasteiger partial charge >= 0.3 is 0 Å². The molecule has 0 aliphatic rings. The van der Waals surface area contributed by atoms with Gasteiger partial charge in [-0.05, 0) is 55.7 Å². The van der Waals surface area contributed by atoms with Crippen molar-refractivity contribution in [1.29, 1.82) is 5.26 Å². The van der Waals surface area contributed by atoms with Crippen molar-refractivity contribution >= 4 is 33.8 Å². The summed E-state index contributed by atoms with van der Waals surface area (Å²) in [5.74, 6) is -0.304. The molecular formula is C23H21N3O3S. The Hall–Kier alpha value is -3.63. The SMILES string of the molecule is COc1ccccc1C(=O)Nc1sc(C(=O)Nc2cccc(C)c2C)c(C)c1C#N. The van der Waals surface area contributed by atoms with Crippen LogP contribution in [-0.2, 0) is 0 Å². The molecule has 0 saturated heterocycles. The van der Waals surface area contributed by atoms with E-state index in [1.54, 1.807) is 31.2 Å². The Morgan fingerprint density at radius 3 is 2.40 bits per heavy atom. The summed E-state index contributed by atoms with van der Waals surface area (Å²) in [5.41, 5.74) is 3.90. The lowest BCUT2D eigenvalue weighted by molar-refractivity contribution is 0.101. The summed E-state index contributed by atoms with van der Waals surface area (Å²) in [7, 11) is 1.48. The van der Waals surface area contributed by atoms with E-state index in [1.165, 1.54) is 7.11 Å². The Bertz CT molecular complexity index is 1170. The molecule has 1 heterocycles. The first kappa shape index (κ1) is 21.1. The molecule has 0 aliphatic heterocycles. The highest BCUT2D eigenvalue weighted by atomic mass is 32.1. The van der Waals surface area contributed by atoms with Gasteiger partial charge in [-0.25, -0.2) is 0 Å². The van der Waals surface area contributed by atoms with Gasteiger partial charge in [0.05, 0.1) is 23.1 Å². The molecule has 6 nitrogen and oxygen atoms in total. The van der Waals surface area contributed by atoms with Crippen LogP contribution < -0.4 is 15.4 Å². The number of rotatable bonds is 5. The Morgan fingerprint density at radius 2 is 1.70 bits per heavy atom. The van der Waals surface area contributed by atoms with Gasteiger partial charge in [-0.2, -0.15) is 5.26 Å². The van der Waals surface area contributed by atoms with E-state index in [0.717, 1.165) is 22.5 Å². The van der Waals surface area contributed by atoms with Gasteiger partial charge in [0.15, 0.2) is 0 Å². The summed E-state index contributed by atoms with van der Waals surface area (Å²) in [4.78, 5) is 26.0. The number of para-hydroxylation sites is 1. The number of carbonyl (C=O) groups is 2. The quantitative estimate of drug-likeness (QED) is 0.605. The van der Waals surface area contributed by atoms with Gasteiger partial charge in [0.2, 0.25) is 0 Å². The third kappa shape index (κ3) is 4.04. The van der Waals surface area contributed by atoms with Crippen LogP contribution in [0.1, 0.15) is 42.3 Å². The van der Waals surface area contributed by atoms with Crippen molar-refractivity contribution in [2.75, 3.05) is 17.7 Å². The van der Waals surface area contributed by atoms with Crippen LogP contribution >= 0.6 is 11.3 Å². The van der Waals surface area contributed by atoms with Gasteiger partial charge in [0, 0.05) is 5.69 Å². The molecule has 0 saturated carbocycles. The molecule has 30 heavy (non-hydrogen) atoms. The molecule has 3 aromatic rings. The number of benzene rings is 2. The van der Waals surface area contributed by atoms with Gasteiger partial charge in [0.1, 0.15) is 16.8 Å². The lowest BCUT2D eigenvalue weighted by Gasteiger charge is -2.10. The van der Waals surface area contributed by atoms with Crippen LogP contribution in [0.15, 0.2) is 42.5 Å². The van der Waals surface area contributed by atoms with E-state index in [4.69, 9.17) is 4.74 Å². The minimum Gasteiger partial charge on any atom is -0.496 e. The molecule has 0 bridgehead atoms. The van der Waals surface area contributed by atoms with Crippen LogP contribution in [0.2, 0.25) is 0 Å². The Balaban J connectivity index is 1.90. The number of ether oxygens (including phenoxy) is 1. The first-order valence-electron chi connectivity index (χ1n) is 9.22. The number of nitriles is 1. The van der Waals surface area contributed by atoms with E-state index >= 15 is 0 Å². The van der Waals surface area contributed by atoms with Crippen LogP contribution in [0.3, 0.4) is 0 Å². The largest absolute Gasteiger partial charge is 0.496 e. The highest BCUT2D eigenvalue weighted by Crippen LogP contribution is 2.34. The summed E-state index contributed by atoms with van der Waals surface area (Å²) in [6.07, 6.45) is 0. The fraction of sp³-hybridized carbons (Fsp3) is 0.174. The number of nitrogens with one attached hydrogen (secondary N) is 2. The van der Waals surface area contributed by atoms with Crippen LogP contribution in [-0.4, -0.2) is 18.9 Å². The minimum atomic E-state index is -0.410. The van der Waals surface area contributed by atoms with Crippen molar-refractivity contribution in [3.63, 3.8) is 0 Å². The average Bonchev–Trinajstić information content (AvgIpc) is 3.06. The van der Waals surface area contributed by atoms with Gasteiger partial charge in [-0.15, -0.1) is 11.3 Å². The maximum absolute atomic E-state index is 12.9. The molecular weight excluding hydrogens is 398 g/mol. The summed E-state index contributed by atoms with van der Waals surface area (Å²) < 4.78 is 5.23. The van der Waals surface area contributed by atoms with E-state index in [-0.39, 0.29) is 11.5 Å². The molecule has 0 atom stereocenters. The number of thiophene rings is 1. The maximum atomic E-state index is 12.9. The average molecular weight is 420 g/mol. The molecule has 2 aromatic carbocycles. The number of hydrogen-bond donors (Lipinski definition) is 2. The van der Waals surface area contributed by atoms with Crippen molar-refractivity contribution in [3.8, 4) is 11.8 Å². The zero-order valence-electron chi connectivity index (χ0n) is 17.1. The van der Waals surface area contributed by atoms with Crippen LogP contribution in [0, 0.1) is 32.1 Å². The van der Waals surface area contributed by atoms with Gasteiger partial charge in [-0.1, -0.05) is 24.3 Å². The fourth-order valence-electron chi connectivity index (χ4n) is 3.02. The number of methoxy groups -OCH3 is 1. The normalized spacial score (nSPS) is 10.2. The van der Waals surface area contributed by atoms with Gasteiger partial charge in [-0.3, -0.25) is 9.59 Å². The smallest absolute Gasteiger partial charge is 0.266 e. The monoisotopic (exact) mass is 419 g/mol. The zero-order valence-corrected chi connectivity index (χ0v) is 17.9. The number of aryl methyl sites for hydroxylation is 1. The second kappa shape index (κ2) is 8.80. The molecule has 0 unspecified atom stereocenters. The Kier molecular flexibility index (Phi) is 6.19. The number of carbonyl (C=O) groups excluding carboxylic acids is 2. The molecule has 1 aromatic heterocycles. The van der Waals surface area contributed by atoms with Gasteiger partial charge in [0.25, 0.3) is 11.8 Å². The van der Waals surface area contributed by atoms with E-state index in [1.807, 2.05) is 32.0 Å². The zero-order chi connectivity index (χ0) is 21.8. The van der Waals surface area contributed by atoms with Gasteiger partial charge < -0.3 is 15.4 Å². The molecule has 3 rings (SSSR count). The molecule has 2 N–H and O–H groups in total. The molecule has 2 amide bonds. The summed E-state index contributed by atoms with van der Waals surface area (Å²) >= 11 is 1.08. The first-order valence-corrected chi connectivity index (χ1v) is 10.0.